The fourth-order valence-electron chi connectivity index (χ4n) is 1.61. The molecule has 1 aromatic carbocycles. The minimum atomic E-state index is -0.542. The summed E-state index contributed by atoms with van der Waals surface area (Å²) in [6.45, 7) is 1.87. The van der Waals surface area contributed by atoms with Crippen LogP contribution in [0.4, 0.5) is 11.4 Å². The fraction of sp³-hybridized carbons (Fsp3) is 0.400. The van der Waals surface area contributed by atoms with Crippen molar-refractivity contribution in [3.63, 3.8) is 0 Å². The van der Waals surface area contributed by atoms with Crippen molar-refractivity contribution in [1.29, 1.82) is 0 Å². The molecule has 8 heteroatoms. The van der Waals surface area contributed by atoms with E-state index in [-0.39, 0.29) is 29.4 Å². The summed E-state index contributed by atoms with van der Waals surface area (Å²) in [5.74, 6) is 0. The molecule has 1 unspecified atom stereocenters. The average Bonchev–Trinajstić information content (AvgIpc) is 2.84. The van der Waals surface area contributed by atoms with Crippen LogP contribution in [0.1, 0.15) is 13.3 Å². The third kappa shape index (κ3) is 2.09. The lowest BCUT2D eigenvalue weighted by molar-refractivity contribution is -0.383. The summed E-state index contributed by atoms with van der Waals surface area (Å²) in [7, 11) is 0. The number of hydrogen-bond acceptors (Lipinski definition) is 7. The SMILES string of the molecule is CCC(CO)Nc1ccc([N+](=O)[O-])c2nonc12. The first kappa shape index (κ1) is 12.2. The van der Waals surface area contributed by atoms with E-state index in [1.807, 2.05) is 6.92 Å². The number of rotatable bonds is 5. The molecule has 0 saturated heterocycles. The Hall–Kier alpha value is -2.22. The highest BCUT2D eigenvalue weighted by atomic mass is 16.6. The minimum Gasteiger partial charge on any atom is -0.394 e. The first-order valence-corrected chi connectivity index (χ1v) is 5.44. The molecule has 2 aromatic rings. The molecule has 1 heterocycles. The molecule has 2 rings (SSSR count). The summed E-state index contributed by atoms with van der Waals surface area (Å²) in [6.07, 6.45) is 0.709. The Morgan fingerprint density at radius 3 is 2.83 bits per heavy atom. The zero-order chi connectivity index (χ0) is 13.1. The molecular formula is C10H12N4O4. The molecule has 0 amide bonds. The van der Waals surface area contributed by atoms with Gasteiger partial charge < -0.3 is 10.4 Å². The molecule has 1 aromatic heterocycles. The van der Waals surface area contributed by atoms with E-state index in [1.165, 1.54) is 12.1 Å². The van der Waals surface area contributed by atoms with E-state index in [0.717, 1.165) is 0 Å². The van der Waals surface area contributed by atoms with Crippen LogP contribution in [0, 0.1) is 10.1 Å². The molecule has 0 saturated carbocycles. The van der Waals surface area contributed by atoms with E-state index in [0.29, 0.717) is 12.1 Å². The molecule has 0 aliphatic heterocycles. The van der Waals surface area contributed by atoms with Crippen LogP contribution >= 0.6 is 0 Å². The van der Waals surface area contributed by atoms with Crippen molar-refractivity contribution in [2.24, 2.45) is 0 Å². The first-order valence-electron chi connectivity index (χ1n) is 5.44. The standard InChI is InChI=1S/C10H12N4O4/c1-2-6(5-15)11-7-3-4-8(14(16)17)10-9(7)12-18-13-10/h3-4,6,11,15H,2,5H2,1H3. The van der Waals surface area contributed by atoms with Crippen LogP contribution in [0.5, 0.6) is 0 Å². The van der Waals surface area contributed by atoms with E-state index >= 15 is 0 Å². The Labute approximate surface area is 102 Å². The van der Waals surface area contributed by atoms with E-state index < -0.39 is 4.92 Å². The van der Waals surface area contributed by atoms with Crippen molar-refractivity contribution in [2.75, 3.05) is 11.9 Å². The number of aliphatic hydroxyl groups is 1. The van der Waals surface area contributed by atoms with Gasteiger partial charge in [-0.2, -0.15) is 0 Å². The molecule has 96 valence electrons. The molecule has 1 atom stereocenters. The number of non-ortho nitro benzene ring substituents is 1. The van der Waals surface area contributed by atoms with Crippen molar-refractivity contribution in [2.45, 2.75) is 19.4 Å². The van der Waals surface area contributed by atoms with Crippen molar-refractivity contribution in [1.82, 2.24) is 10.3 Å². The van der Waals surface area contributed by atoms with Crippen molar-refractivity contribution in [3.8, 4) is 0 Å². The number of nitro benzene ring substituents is 1. The number of nitrogens with zero attached hydrogens (tertiary/aromatic N) is 3. The number of aromatic nitrogens is 2. The van der Waals surface area contributed by atoms with Crippen LogP contribution in [0.25, 0.3) is 11.0 Å². The maximum Gasteiger partial charge on any atom is 0.300 e. The van der Waals surface area contributed by atoms with Crippen LogP contribution in [-0.4, -0.2) is 33.0 Å². The number of hydrogen-bond donors (Lipinski definition) is 2. The van der Waals surface area contributed by atoms with Gasteiger partial charge in [-0.15, -0.1) is 0 Å². The second-order valence-corrected chi connectivity index (χ2v) is 3.78. The largest absolute Gasteiger partial charge is 0.394 e. The lowest BCUT2D eigenvalue weighted by Gasteiger charge is -2.15. The highest BCUT2D eigenvalue weighted by molar-refractivity contribution is 5.93. The van der Waals surface area contributed by atoms with E-state index in [1.54, 1.807) is 0 Å². The van der Waals surface area contributed by atoms with Crippen LogP contribution in [-0.2, 0) is 0 Å². The van der Waals surface area contributed by atoms with Crippen LogP contribution < -0.4 is 5.32 Å². The predicted molar refractivity (Wildman–Crippen MR) is 63.2 cm³/mol. The quantitative estimate of drug-likeness (QED) is 0.609. The number of benzene rings is 1. The van der Waals surface area contributed by atoms with Crippen LogP contribution in [0.15, 0.2) is 16.8 Å². The Bertz CT molecular complexity index is 564. The van der Waals surface area contributed by atoms with Gasteiger partial charge in [0, 0.05) is 12.1 Å². The lowest BCUT2D eigenvalue weighted by atomic mass is 10.2. The van der Waals surface area contributed by atoms with E-state index in [4.69, 9.17) is 5.11 Å². The van der Waals surface area contributed by atoms with Crippen LogP contribution in [0.3, 0.4) is 0 Å². The molecule has 0 bridgehead atoms. The third-order valence-corrected chi connectivity index (χ3v) is 2.66. The molecule has 0 radical (unpaired) electrons. The van der Waals surface area contributed by atoms with Crippen molar-refractivity contribution < 1.29 is 14.7 Å². The van der Waals surface area contributed by atoms with Gasteiger partial charge in [-0.1, -0.05) is 6.92 Å². The first-order chi connectivity index (χ1) is 8.67. The van der Waals surface area contributed by atoms with Crippen LogP contribution in [0.2, 0.25) is 0 Å². The van der Waals surface area contributed by atoms with E-state index in [9.17, 15) is 10.1 Å². The zero-order valence-electron chi connectivity index (χ0n) is 9.66. The molecule has 18 heavy (non-hydrogen) atoms. The normalized spacial score (nSPS) is 12.6. The van der Waals surface area contributed by atoms with Gasteiger partial charge >= 0.3 is 5.69 Å². The van der Waals surface area contributed by atoms with Gasteiger partial charge in [0.15, 0.2) is 5.52 Å². The molecule has 0 aliphatic carbocycles. The van der Waals surface area contributed by atoms with E-state index in [2.05, 4.69) is 20.3 Å². The Morgan fingerprint density at radius 2 is 2.22 bits per heavy atom. The minimum absolute atomic E-state index is 0.0414. The molecule has 0 fully saturated rings. The Kier molecular flexibility index (Phi) is 3.38. The monoisotopic (exact) mass is 252 g/mol. The topological polar surface area (TPSA) is 114 Å². The number of fused-ring (bicyclic) bond motifs is 1. The van der Waals surface area contributed by atoms with Gasteiger partial charge in [-0.3, -0.25) is 10.1 Å². The van der Waals surface area contributed by atoms with Gasteiger partial charge in [0.05, 0.1) is 17.2 Å². The Morgan fingerprint density at radius 1 is 1.50 bits per heavy atom. The van der Waals surface area contributed by atoms with Crippen molar-refractivity contribution >= 4 is 22.4 Å². The van der Waals surface area contributed by atoms with Gasteiger partial charge in [0.1, 0.15) is 0 Å². The zero-order valence-corrected chi connectivity index (χ0v) is 9.66. The highest BCUT2D eigenvalue weighted by Crippen LogP contribution is 2.29. The second-order valence-electron chi connectivity index (χ2n) is 3.78. The molecule has 2 N–H and O–H groups in total. The average molecular weight is 252 g/mol. The van der Waals surface area contributed by atoms with Gasteiger partial charge in [0.2, 0.25) is 5.52 Å². The van der Waals surface area contributed by atoms with Gasteiger partial charge in [-0.05, 0) is 22.8 Å². The fourth-order valence-corrected chi connectivity index (χ4v) is 1.61. The third-order valence-electron chi connectivity index (χ3n) is 2.66. The molecule has 8 nitrogen and oxygen atoms in total. The Balaban J connectivity index is 2.44. The molecule has 0 aliphatic rings. The maximum absolute atomic E-state index is 10.8. The highest BCUT2D eigenvalue weighted by Gasteiger charge is 2.20. The lowest BCUT2D eigenvalue weighted by Crippen LogP contribution is -2.22. The summed E-state index contributed by atoms with van der Waals surface area (Å²) in [4.78, 5) is 10.3. The number of nitro groups is 1. The summed E-state index contributed by atoms with van der Waals surface area (Å²) < 4.78 is 4.54. The smallest absolute Gasteiger partial charge is 0.300 e. The molecule has 0 spiro atoms. The maximum atomic E-state index is 10.8. The summed E-state index contributed by atoms with van der Waals surface area (Å²) in [5.41, 5.74) is 0.778. The number of nitrogens with one attached hydrogen (secondary N) is 1. The number of aliphatic hydroxyl groups excluding tert-OH is 1. The summed E-state index contributed by atoms with van der Waals surface area (Å²) in [6, 6.07) is 2.72. The van der Waals surface area contributed by atoms with Crippen molar-refractivity contribution in [3.05, 3.63) is 22.2 Å². The second kappa shape index (κ2) is 4.96. The summed E-state index contributed by atoms with van der Waals surface area (Å²) in [5, 5.41) is 30.1. The van der Waals surface area contributed by atoms with Gasteiger partial charge in [-0.25, -0.2) is 4.63 Å². The predicted octanol–water partition coefficient (Wildman–Crippen LogP) is 1.31. The summed E-state index contributed by atoms with van der Waals surface area (Å²) >= 11 is 0. The number of anilines is 1. The van der Waals surface area contributed by atoms with Gasteiger partial charge in [0.25, 0.3) is 0 Å². The molecular weight excluding hydrogens is 240 g/mol.